The van der Waals surface area contributed by atoms with Gasteiger partial charge < -0.3 is 9.64 Å². The second-order valence-electron chi connectivity index (χ2n) is 3.87. The number of carbonyl (C=O) groups is 1. The van der Waals surface area contributed by atoms with Crippen molar-refractivity contribution in [2.24, 2.45) is 0 Å². The maximum absolute atomic E-state index is 12.1. The summed E-state index contributed by atoms with van der Waals surface area (Å²) in [7, 11) is 3.43. The summed E-state index contributed by atoms with van der Waals surface area (Å²) in [4.78, 5) is 13.8. The van der Waals surface area contributed by atoms with Crippen LogP contribution in [0.25, 0.3) is 0 Å². The van der Waals surface area contributed by atoms with E-state index in [1.165, 1.54) is 0 Å². The lowest BCUT2D eigenvalue weighted by molar-refractivity contribution is -0.119. The summed E-state index contributed by atoms with van der Waals surface area (Å²) in [6.45, 7) is 0. The molecule has 1 fully saturated rings. The molecule has 4 nitrogen and oxygen atoms in total. The summed E-state index contributed by atoms with van der Waals surface area (Å²) in [5.74, 6) is 2.61. The molecule has 1 N–H and O–H groups in total. The van der Waals surface area contributed by atoms with Gasteiger partial charge in [0.05, 0.1) is 13.2 Å². The van der Waals surface area contributed by atoms with E-state index < -0.39 is 0 Å². The van der Waals surface area contributed by atoms with Crippen molar-refractivity contribution >= 4 is 23.4 Å². The zero-order valence-corrected chi connectivity index (χ0v) is 10.8. The number of rotatable bonds is 3. The van der Waals surface area contributed by atoms with Crippen LogP contribution in [0, 0.1) is 0 Å². The van der Waals surface area contributed by atoms with Gasteiger partial charge in [-0.25, -0.2) is 0 Å². The van der Waals surface area contributed by atoms with E-state index in [4.69, 9.17) is 4.74 Å². The molecule has 1 heterocycles. The van der Waals surface area contributed by atoms with E-state index in [0.717, 1.165) is 23.1 Å². The van der Waals surface area contributed by atoms with Gasteiger partial charge in [0, 0.05) is 24.4 Å². The van der Waals surface area contributed by atoms with Crippen molar-refractivity contribution in [1.29, 1.82) is 0 Å². The fourth-order valence-corrected chi connectivity index (χ4v) is 2.65. The zero-order valence-electron chi connectivity index (χ0n) is 9.97. The third-order valence-electron chi connectivity index (χ3n) is 2.80. The van der Waals surface area contributed by atoms with E-state index in [-0.39, 0.29) is 11.9 Å². The standard InChI is InChI=1S/C12H16N2O2S/c1-14(12(15)11-7-17-8-13-11)9-3-5-10(16-2)6-4-9/h3-6,11,13H,7-8H2,1-2H3. The van der Waals surface area contributed by atoms with Crippen LogP contribution in [0.4, 0.5) is 5.69 Å². The minimum atomic E-state index is -0.0629. The van der Waals surface area contributed by atoms with Crippen LogP contribution in [0.2, 0.25) is 0 Å². The number of amides is 1. The van der Waals surface area contributed by atoms with Gasteiger partial charge in [0.1, 0.15) is 5.75 Å². The molecule has 0 saturated carbocycles. The molecule has 0 spiro atoms. The summed E-state index contributed by atoms with van der Waals surface area (Å²) >= 11 is 1.75. The number of thioether (sulfide) groups is 1. The normalized spacial score (nSPS) is 19.1. The average molecular weight is 252 g/mol. The van der Waals surface area contributed by atoms with Gasteiger partial charge in [0.25, 0.3) is 0 Å². The Morgan fingerprint density at radius 1 is 1.47 bits per heavy atom. The highest BCUT2D eigenvalue weighted by molar-refractivity contribution is 7.99. The molecule has 5 heteroatoms. The number of anilines is 1. The molecule has 1 atom stereocenters. The van der Waals surface area contributed by atoms with E-state index in [1.54, 1.807) is 30.8 Å². The van der Waals surface area contributed by atoms with E-state index in [2.05, 4.69) is 5.32 Å². The number of ether oxygens (including phenoxy) is 1. The topological polar surface area (TPSA) is 41.6 Å². The Labute approximate surface area is 105 Å². The van der Waals surface area contributed by atoms with E-state index >= 15 is 0 Å². The predicted octanol–water partition coefficient (Wildman–Crippen LogP) is 1.32. The Balaban J connectivity index is 2.07. The highest BCUT2D eigenvalue weighted by Gasteiger charge is 2.25. The largest absolute Gasteiger partial charge is 0.497 e. The van der Waals surface area contributed by atoms with Crippen LogP contribution < -0.4 is 15.0 Å². The Hall–Kier alpha value is -1.20. The maximum Gasteiger partial charge on any atom is 0.244 e. The van der Waals surface area contributed by atoms with E-state index in [0.29, 0.717) is 0 Å². The minimum absolute atomic E-state index is 0.0629. The molecule has 1 aliphatic heterocycles. The van der Waals surface area contributed by atoms with Crippen LogP contribution in [-0.4, -0.2) is 37.7 Å². The molecule has 1 aromatic carbocycles. The van der Waals surface area contributed by atoms with Crippen LogP contribution >= 0.6 is 11.8 Å². The van der Waals surface area contributed by atoms with Gasteiger partial charge in [-0.2, -0.15) is 0 Å². The molecule has 0 aliphatic carbocycles. The fourth-order valence-electron chi connectivity index (χ4n) is 1.72. The third-order valence-corrected chi connectivity index (χ3v) is 3.74. The molecule has 0 aromatic heterocycles. The number of hydrogen-bond acceptors (Lipinski definition) is 4. The quantitative estimate of drug-likeness (QED) is 0.881. The summed E-state index contributed by atoms with van der Waals surface area (Å²) in [6, 6.07) is 7.43. The van der Waals surface area contributed by atoms with Gasteiger partial charge in [-0.15, -0.1) is 11.8 Å². The van der Waals surface area contributed by atoms with E-state index in [1.807, 2.05) is 24.3 Å². The predicted molar refractivity (Wildman–Crippen MR) is 70.7 cm³/mol. The smallest absolute Gasteiger partial charge is 0.244 e. The summed E-state index contributed by atoms with van der Waals surface area (Å²) in [6.07, 6.45) is 0. The highest BCUT2D eigenvalue weighted by atomic mass is 32.2. The lowest BCUT2D eigenvalue weighted by atomic mass is 10.2. The van der Waals surface area contributed by atoms with Gasteiger partial charge in [-0.1, -0.05) is 0 Å². The second kappa shape index (κ2) is 5.42. The van der Waals surface area contributed by atoms with Crippen molar-refractivity contribution in [3.8, 4) is 5.75 Å². The molecule has 1 aliphatic rings. The molecular weight excluding hydrogens is 236 g/mol. The molecular formula is C12H16N2O2S. The van der Waals surface area contributed by atoms with Crippen LogP contribution in [-0.2, 0) is 4.79 Å². The van der Waals surface area contributed by atoms with Crippen LogP contribution in [0.5, 0.6) is 5.75 Å². The first-order chi connectivity index (χ1) is 8.22. The summed E-state index contributed by atoms with van der Waals surface area (Å²) < 4.78 is 5.09. The molecule has 92 valence electrons. The summed E-state index contributed by atoms with van der Waals surface area (Å²) in [5.41, 5.74) is 0.884. The maximum atomic E-state index is 12.1. The monoisotopic (exact) mass is 252 g/mol. The molecule has 0 radical (unpaired) electrons. The highest BCUT2D eigenvalue weighted by Crippen LogP contribution is 2.20. The molecule has 1 unspecified atom stereocenters. The number of benzene rings is 1. The van der Waals surface area contributed by atoms with Crippen molar-refractivity contribution in [2.45, 2.75) is 6.04 Å². The first-order valence-corrected chi connectivity index (χ1v) is 6.60. The first kappa shape index (κ1) is 12.3. The van der Waals surface area contributed by atoms with Crippen LogP contribution in [0.1, 0.15) is 0 Å². The molecule has 0 bridgehead atoms. The minimum Gasteiger partial charge on any atom is -0.497 e. The average Bonchev–Trinajstić information content (AvgIpc) is 2.91. The van der Waals surface area contributed by atoms with Gasteiger partial charge in [0.15, 0.2) is 0 Å². The SMILES string of the molecule is COc1ccc(N(C)C(=O)C2CSCN2)cc1. The van der Waals surface area contributed by atoms with Crippen LogP contribution in [0.15, 0.2) is 24.3 Å². The lowest BCUT2D eigenvalue weighted by Gasteiger charge is -2.21. The lowest BCUT2D eigenvalue weighted by Crippen LogP contribution is -2.43. The Morgan fingerprint density at radius 3 is 2.71 bits per heavy atom. The Morgan fingerprint density at radius 2 is 2.18 bits per heavy atom. The molecule has 1 amide bonds. The molecule has 17 heavy (non-hydrogen) atoms. The number of nitrogens with zero attached hydrogens (tertiary/aromatic N) is 1. The van der Waals surface area contributed by atoms with Gasteiger partial charge in [-0.05, 0) is 24.3 Å². The van der Waals surface area contributed by atoms with Crippen molar-refractivity contribution in [3.05, 3.63) is 24.3 Å². The molecule has 1 aromatic rings. The van der Waals surface area contributed by atoms with Crippen LogP contribution in [0.3, 0.4) is 0 Å². The number of carbonyl (C=O) groups excluding carboxylic acids is 1. The third kappa shape index (κ3) is 2.73. The summed E-state index contributed by atoms with van der Waals surface area (Å²) in [5, 5.41) is 3.18. The molecule has 1 saturated heterocycles. The Bertz CT molecular complexity index is 388. The molecule has 2 rings (SSSR count). The number of nitrogens with one attached hydrogen (secondary N) is 1. The number of hydrogen-bond donors (Lipinski definition) is 1. The Kier molecular flexibility index (Phi) is 3.91. The van der Waals surface area contributed by atoms with Gasteiger partial charge >= 0.3 is 0 Å². The van der Waals surface area contributed by atoms with Gasteiger partial charge in [-0.3, -0.25) is 10.1 Å². The van der Waals surface area contributed by atoms with E-state index in [9.17, 15) is 4.79 Å². The zero-order chi connectivity index (χ0) is 12.3. The second-order valence-corrected chi connectivity index (χ2v) is 4.90. The van der Waals surface area contributed by atoms with Crippen molar-refractivity contribution in [2.75, 3.05) is 30.7 Å². The fraction of sp³-hybridized carbons (Fsp3) is 0.417. The van der Waals surface area contributed by atoms with Gasteiger partial charge in [0.2, 0.25) is 5.91 Å². The van der Waals surface area contributed by atoms with Crippen molar-refractivity contribution in [1.82, 2.24) is 5.32 Å². The number of methoxy groups -OCH3 is 1. The number of likely N-dealkylation sites (N-methyl/N-ethyl adjacent to an activating group) is 1. The van der Waals surface area contributed by atoms with Crippen molar-refractivity contribution in [3.63, 3.8) is 0 Å². The van der Waals surface area contributed by atoms with Crippen molar-refractivity contribution < 1.29 is 9.53 Å². The first-order valence-electron chi connectivity index (χ1n) is 5.45.